The number of hydrogen-bond donors (Lipinski definition) is 0. The van der Waals surface area contributed by atoms with Crippen LogP contribution in [0.15, 0.2) is 54.6 Å². The van der Waals surface area contributed by atoms with Gasteiger partial charge in [0.05, 0.1) is 10.7 Å². The van der Waals surface area contributed by atoms with Crippen LogP contribution in [0, 0.1) is 11.7 Å². The Bertz CT molecular complexity index is 1040. The average molecular weight is 463 g/mol. The number of aromatic nitrogens is 1. The summed E-state index contributed by atoms with van der Waals surface area (Å²) in [6, 6.07) is 18.0. The van der Waals surface area contributed by atoms with Crippen molar-refractivity contribution in [3.63, 3.8) is 0 Å². The van der Waals surface area contributed by atoms with Crippen LogP contribution in [0.3, 0.4) is 0 Å². The van der Waals surface area contributed by atoms with E-state index in [1.807, 2.05) is 17.4 Å². The van der Waals surface area contributed by atoms with Gasteiger partial charge < -0.3 is 4.90 Å². The molecule has 33 heavy (non-hydrogen) atoms. The highest BCUT2D eigenvalue weighted by Crippen LogP contribution is 2.41. The zero-order chi connectivity index (χ0) is 22.6. The van der Waals surface area contributed by atoms with Crippen molar-refractivity contribution in [3.8, 4) is 0 Å². The summed E-state index contributed by atoms with van der Waals surface area (Å²) < 4.78 is 13.8. The number of piperidine rings is 1. The largest absolute Gasteiger partial charge is 0.303 e. The van der Waals surface area contributed by atoms with Crippen LogP contribution in [0.4, 0.5) is 4.39 Å². The molecule has 0 N–H and O–H groups in total. The molecule has 0 bridgehead atoms. The van der Waals surface area contributed by atoms with Gasteiger partial charge in [-0.2, -0.15) is 0 Å². The Hall–Kier alpha value is -2.04. The van der Waals surface area contributed by atoms with E-state index in [-0.39, 0.29) is 5.82 Å². The van der Waals surface area contributed by atoms with E-state index in [0.717, 1.165) is 19.4 Å². The third kappa shape index (κ3) is 5.38. The predicted octanol–water partition coefficient (Wildman–Crippen LogP) is 7.20. The monoisotopic (exact) mass is 462 g/mol. The Morgan fingerprint density at radius 3 is 2.58 bits per heavy atom. The van der Waals surface area contributed by atoms with E-state index in [1.54, 1.807) is 17.0 Å². The standard InChI is InChI=1S/C29H35FN2S/c1-2-27-29(33-28(31-27)18-21-8-4-3-5-9-21)22-14-16-32(17-15-22)20-24-11-7-13-26(24)23-10-6-12-25(30)19-23/h3-6,8-10,12,19,22,24,26H,2,7,11,13-18,20H2,1H3/t24?,26-/m1/s1. The molecule has 0 radical (unpaired) electrons. The number of aryl methyl sites for hydroxylation is 1. The minimum absolute atomic E-state index is 0.0955. The van der Waals surface area contributed by atoms with E-state index in [0.29, 0.717) is 17.8 Å². The summed E-state index contributed by atoms with van der Waals surface area (Å²) in [6.07, 6.45) is 8.19. The van der Waals surface area contributed by atoms with Crippen molar-refractivity contribution in [3.05, 3.63) is 87.1 Å². The van der Waals surface area contributed by atoms with Crippen LogP contribution in [0.25, 0.3) is 0 Å². The van der Waals surface area contributed by atoms with Crippen molar-refractivity contribution in [2.45, 2.75) is 63.7 Å². The maximum atomic E-state index is 13.8. The molecule has 4 heteroatoms. The first-order chi connectivity index (χ1) is 16.2. The van der Waals surface area contributed by atoms with Crippen molar-refractivity contribution in [1.82, 2.24) is 9.88 Å². The average Bonchev–Trinajstić information content (AvgIpc) is 3.47. The van der Waals surface area contributed by atoms with E-state index in [1.165, 1.54) is 67.0 Å². The molecule has 2 nitrogen and oxygen atoms in total. The highest BCUT2D eigenvalue weighted by molar-refractivity contribution is 7.11. The van der Waals surface area contributed by atoms with Crippen LogP contribution in [0.1, 0.15) is 77.6 Å². The Morgan fingerprint density at radius 2 is 1.82 bits per heavy atom. The molecule has 1 saturated carbocycles. The summed E-state index contributed by atoms with van der Waals surface area (Å²) in [5.41, 5.74) is 3.88. The van der Waals surface area contributed by atoms with E-state index in [2.05, 4.69) is 48.2 Å². The minimum atomic E-state index is -0.0955. The van der Waals surface area contributed by atoms with Crippen LogP contribution < -0.4 is 0 Å². The first-order valence-corrected chi connectivity index (χ1v) is 13.5. The minimum Gasteiger partial charge on any atom is -0.303 e. The van der Waals surface area contributed by atoms with Crippen LogP contribution in [-0.2, 0) is 12.8 Å². The number of rotatable bonds is 7. The first kappa shape index (κ1) is 22.7. The Balaban J connectivity index is 1.20. The van der Waals surface area contributed by atoms with Gasteiger partial charge in [0.2, 0.25) is 0 Å². The third-order valence-electron chi connectivity index (χ3n) is 7.69. The second-order valence-electron chi connectivity index (χ2n) is 9.86. The molecule has 1 aliphatic carbocycles. The van der Waals surface area contributed by atoms with Gasteiger partial charge in [-0.3, -0.25) is 0 Å². The lowest BCUT2D eigenvalue weighted by atomic mass is 9.87. The second-order valence-corrected chi connectivity index (χ2v) is 11.0. The van der Waals surface area contributed by atoms with Gasteiger partial charge in [-0.1, -0.05) is 55.8 Å². The summed E-state index contributed by atoms with van der Waals surface area (Å²) in [7, 11) is 0. The normalized spacial score (nSPS) is 22.1. The summed E-state index contributed by atoms with van der Waals surface area (Å²) in [4.78, 5) is 9.25. The molecule has 2 fully saturated rings. The van der Waals surface area contributed by atoms with Crippen LogP contribution in [0.2, 0.25) is 0 Å². The second kappa shape index (κ2) is 10.5. The molecule has 2 aromatic carbocycles. The maximum Gasteiger partial charge on any atom is 0.123 e. The molecule has 2 heterocycles. The summed E-state index contributed by atoms with van der Waals surface area (Å²) in [6.45, 7) is 5.75. The van der Waals surface area contributed by atoms with Gasteiger partial charge in [0.1, 0.15) is 5.82 Å². The molecule has 1 aliphatic heterocycles. The zero-order valence-corrected chi connectivity index (χ0v) is 20.5. The molecule has 1 saturated heterocycles. The van der Waals surface area contributed by atoms with Crippen molar-refractivity contribution in [2.24, 2.45) is 5.92 Å². The fourth-order valence-electron chi connectivity index (χ4n) is 5.97. The summed E-state index contributed by atoms with van der Waals surface area (Å²) in [5.74, 6) is 1.74. The van der Waals surface area contributed by atoms with Gasteiger partial charge in [-0.05, 0) is 86.2 Å². The lowest BCUT2D eigenvalue weighted by Gasteiger charge is -2.35. The van der Waals surface area contributed by atoms with Crippen molar-refractivity contribution in [2.75, 3.05) is 19.6 Å². The maximum absolute atomic E-state index is 13.8. The quantitative estimate of drug-likeness (QED) is 0.369. The van der Waals surface area contributed by atoms with Gasteiger partial charge >= 0.3 is 0 Å². The summed E-state index contributed by atoms with van der Waals surface area (Å²) in [5, 5.41) is 1.26. The van der Waals surface area contributed by atoms with Crippen molar-refractivity contribution in [1.29, 1.82) is 0 Å². The molecule has 3 aromatic rings. The zero-order valence-electron chi connectivity index (χ0n) is 19.7. The highest BCUT2D eigenvalue weighted by Gasteiger charge is 2.32. The molecular weight excluding hydrogens is 427 g/mol. The Kier molecular flexibility index (Phi) is 7.22. The summed E-state index contributed by atoms with van der Waals surface area (Å²) >= 11 is 1.95. The predicted molar refractivity (Wildman–Crippen MR) is 136 cm³/mol. The number of thiazole rings is 1. The van der Waals surface area contributed by atoms with Crippen LogP contribution in [-0.4, -0.2) is 29.5 Å². The van der Waals surface area contributed by atoms with E-state index >= 15 is 0 Å². The molecule has 0 amide bonds. The van der Waals surface area contributed by atoms with E-state index in [4.69, 9.17) is 4.98 Å². The highest BCUT2D eigenvalue weighted by atomic mass is 32.1. The van der Waals surface area contributed by atoms with Crippen LogP contribution in [0.5, 0.6) is 0 Å². The van der Waals surface area contributed by atoms with Gasteiger partial charge in [-0.25, -0.2) is 9.37 Å². The number of hydrogen-bond acceptors (Lipinski definition) is 3. The number of halogens is 1. The van der Waals surface area contributed by atoms with E-state index in [9.17, 15) is 4.39 Å². The van der Waals surface area contributed by atoms with Gasteiger partial charge in [-0.15, -0.1) is 11.3 Å². The SMILES string of the molecule is CCc1nc(Cc2ccccc2)sc1C1CCN(CC2CCC[C@@H]2c2cccc(F)c2)CC1. The van der Waals surface area contributed by atoms with E-state index < -0.39 is 0 Å². The lowest BCUT2D eigenvalue weighted by Crippen LogP contribution is -2.37. The molecule has 1 aromatic heterocycles. The fraction of sp³-hybridized carbons (Fsp3) is 0.483. The number of nitrogens with zero attached hydrogens (tertiary/aromatic N) is 2. The first-order valence-electron chi connectivity index (χ1n) is 12.7. The number of likely N-dealkylation sites (tertiary alicyclic amines) is 1. The number of benzene rings is 2. The van der Waals surface area contributed by atoms with Crippen molar-refractivity contribution >= 4 is 11.3 Å². The molecular formula is C29H35FN2S. The third-order valence-corrected chi connectivity index (χ3v) is 8.95. The Labute approximate surface area is 201 Å². The molecule has 1 unspecified atom stereocenters. The van der Waals surface area contributed by atoms with Crippen molar-refractivity contribution < 1.29 is 4.39 Å². The topological polar surface area (TPSA) is 16.1 Å². The molecule has 5 rings (SSSR count). The molecule has 0 spiro atoms. The Morgan fingerprint density at radius 1 is 1.00 bits per heavy atom. The van der Waals surface area contributed by atoms with Gasteiger partial charge in [0, 0.05) is 17.8 Å². The van der Waals surface area contributed by atoms with Crippen LogP contribution >= 0.6 is 11.3 Å². The molecule has 2 aliphatic rings. The molecule has 174 valence electrons. The van der Waals surface area contributed by atoms with Gasteiger partial charge in [0.15, 0.2) is 0 Å². The smallest absolute Gasteiger partial charge is 0.123 e. The lowest BCUT2D eigenvalue weighted by molar-refractivity contribution is 0.178. The molecule has 2 atom stereocenters. The van der Waals surface area contributed by atoms with Gasteiger partial charge in [0.25, 0.3) is 0 Å². The fourth-order valence-corrected chi connectivity index (χ4v) is 7.33.